The second-order valence-electron chi connectivity index (χ2n) is 8.74. The number of ether oxygens (including phenoxy) is 1. The molecule has 0 amide bonds. The number of nitrogens with one attached hydrogen (secondary N) is 1. The van der Waals surface area contributed by atoms with Crippen LogP contribution in [0.4, 0.5) is 17.3 Å². The van der Waals surface area contributed by atoms with Gasteiger partial charge in [-0.15, -0.1) is 0 Å². The van der Waals surface area contributed by atoms with Gasteiger partial charge >= 0.3 is 0 Å². The molecule has 4 aromatic rings. The summed E-state index contributed by atoms with van der Waals surface area (Å²) in [7, 11) is 6.46. The van der Waals surface area contributed by atoms with Crippen molar-refractivity contribution in [1.82, 2.24) is 18.8 Å². The first-order valence-corrected chi connectivity index (χ1v) is 13.8. The fourth-order valence-corrected chi connectivity index (χ4v) is 5.34. The second kappa shape index (κ2) is 11.7. The van der Waals surface area contributed by atoms with E-state index in [1.165, 1.54) is 0 Å². The van der Waals surface area contributed by atoms with Crippen LogP contribution in [0.3, 0.4) is 0 Å². The third-order valence-corrected chi connectivity index (χ3v) is 7.77. The van der Waals surface area contributed by atoms with Gasteiger partial charge in [0, 0.05) is 49.1 Å². The maximum absolute atomic E-state index is 12.7. The molecule has 2 aromatic carbocycles. The fourth-order valence-electron chi connectivity index (χ4n) is 3.96. The predicted octanol–water partition coefficient (Wildman–Crippen LogP) is 5.69. The average molecular weight is 562 g/mol. The molecule has 8 nitrogen and oxygen atoms in total. The lowest BCUT2D eigenvalue weighted by Crippen LogP contribution is -2.28. The smallest absolute Gasteiger partial charge is 0.227 e. The van der Waals surface area contributed by atoms with Crippen LogP contribution in [0.15, 0.2) is 48.8 Å². The van der Waals surface area contributed by atoms with Gasteiger partial charge in [-0.3, -0.25) is 3.97 Å². The highest BCUT2D eigenvalue weighted by molar-refractivity contribution is 7.83. The van der Waals surface area contributed by atoms with Gasteiger partial charge in [-0.1, -0.05) is 48.3 Å². The van der Waals surface area contributed by atoms with E-state index in [0.717, 1.165) is 35.2 Å². The summed E-state index contributed by atoms with van der Waals surface area (Å²) in [4.78, 5) is 13.3. The van der Waals surface area contributed by atoms with Gasteiger partial charge in [0.1, 0.15) is 16.7 Å². The summed E-state index contributed by atoms with van der Waals surface area (Å²) in [6, 6.07) is 11.4. The molecule has 1 atom stereocenters. The van der Waals surface area contributed by atoms with E-state index in [0.29, 0.717) is 38.9 Å². The van der Waals surface area contributed by atoms with Crippen LogP contribution in [0, 0.1) is 0 Å². The van der Waals surface area contributed by atoms with Gasteiger partial charge in [0.05, 0.1) is 45.9 Å². The highest BCUT2D eigenvalue weighted by atomic mass is 35.5. The molecule has 0 aliphatic heterocycles. The summed E-state index contributed by atoms with van der Waals surface area (Å²) < 4.78 is 20.1. The van der Waals surface area contributed by atoms with Crippen molar-refractivity contribution in [2.45, 2.75) is 6.92 Å². The molecule has 0 saturated heterocycles. The Morgan fingerprint density at radius 1 is 1.11 bits per heavy atom. The molecular weight excluding hydrogens is 531 g/mol. The van der Waals surface area contributed by atoms with E-state index in [2.05, 4.69) is 20.1 Å². The molecule has 0 radical (unpaired) electrons. The fraction of sp³-hybridized carbons (Fsp3) is 0.308. The SMILES string of the molecule is CCS(=O)n1cc(-c2nc(Nc3cc(Cl)c(N(C)CCN(C)C)cc3OC)ncc2Cl)c2ccccc21. The number of para-hydroxylation sites is 1. The normalized spacial score (nSPS) is 12.2. The van der Waals surface area contributed by atoms with Crippen LogP contribution in [-0.2, 0) is 11.0 Å². The molecule has 4 rings (SSSR count). The molecule has 0 aliphatic rings. The number of halogens is 2. The third kappa shape index (κ3) is 5.85. The molecule has 196 valence electrons. The predicted molar refractivity (Wildman–Crippen MR) is 155 cm³/mol. The van der Waals surface area contributed by atoms with Gasteiger partial charge in [-0.2, -0.15) is 0 Å². The van der Waals surface area contributed by atoms with E-state index in [-0.39, 0.29) is 0 Å². The van der Waals surface area contributed by atoms with E-state index in [1.54, 1.807) is 23.3 Å². The summed E-state index contributed by atoms with van der Waals surface area (Å²) >= 11 is 13.2. The van der Waals surface area contributed by atoms with E-state index in [9.17, 15) is 4.21 Å². The van der Waals surface area contributed by atoms with Gasteiger partial charge in [0.25, 0.3) is 0 Å². The first-order chi connectivity index (χ1) is 17.7. The standard InChI is InChI=1S/C26H30Cl2N6O2S/c1-6-37(35)34-16-18(17-9-7-8-10-22(17)34)25-20(28)15-29-26(31-25)30-21-13-19(27)23(14-24(21)36-5)33(4)12-11-32(2)3/h7-10,13-16H,6,11-12H2,1-5H3,(H,29,30,31). The van der Waals surface area contributed by atoms with Gasteiger partial charge in [-0.05, 0) is 26.2 Å². The minimum absolute atomic E-state index is 0.330. The van der Waals surface area contributed by atoms with Crippen molar-refractivity contribution >= 4 is 62.4 Å². The Balaban J connectivity index is 1.71. The Morgan fingerprint density at radius 3 is 2.57 bits per heavy atom. The first kappa shape index (κ1) is 27.2. The number of likely N-dealkylation sites (N-methyl/N-ethyl adjacent to an activating group) is 2. The maximum Gasteiger partial charge on any atom is 0.227 e. The number of anilines is 3. The average Bonchev–Trinajstić information content (AvgIpc) is 3.27. The molecule has 0 spiro atoms. The summed E-state index contributed by atoms with van der Waals surface area (Å²) in [6.07, 6.45) is 3.38. The lowest BCUT2D eigenvalue weighted by atomic mass is 10.1. The number of nitrogens with zero attached hydrogens (tertiary/aromatic N) is 5. The Labute approximate surface area is 229 Å². The Hall–Kier alpha value is -2.85. The molecule has 0 aliphatic carbocycles. The van der Waals surface area contributed by atoms with Gasteiger partial charge in [-0.25, -0.2) is 14.2 Å². The minimum Gasteiger partial charge on any atom is -0.494 e. The highest BCUT2D eigenvalue weighted by Gasteiger charge is 2.19. The van der Waals surface area contributed by atoms with Crippen molar-refractivity contribution in [3.8, 4) is 17.0 Å². The van der Waals surface area contributed by atoms with Crippen LogP contribution >= 0.6 is 23.2 Å². The molecule has 1 unspecified atom stereocenters. The van der Waals surface area contributed by atoms with Crippen LogP contribution in [0.2, 0.25) is 10.0 Å². The zero-order chi connectivity index (χ0) is 26.7. The van der Waals surface area contributed by atoms with Gasteiger partial charge in [0.15, 0.2) is 0 Å². The summed E-state index contributed by atoms with van der Waals surface area (Å²) in [5, 5.41) is 5.09. The number of methoxy groups -OCH3 is 1. The lowest BCUT2D eigenvalue weighted by molar-refractivity contribution is 0.413. The molecule has 2 aromatic heterocycles. The third-order valence-electron chi connectivity index (χ3n) is 5.95. The molecule has 2 heterocycles. The van der Waals surface area contributed by atoms with Crippen molar-refractivity contribution in [2.75, 3.05) is 57.3 Å². The largest absolute Gasteiger partial charge is 0.494 e. The van der Waals surface area contributed by atoms with E-state index < -0.39 is 11.0 Å². The molecule has 0 bridgehead atoms. The molecule has 0 fully saturated rings. The van der Waals surface area contributed by atoms with Crippen LogP contribution < -0.4 is 15.0 Å². The van der Waals surface area contributed by atoms with E-state index in [4.69, 9.17) is 32.9 Å². The van der Waals surface area contributed by atoms with Gasteiger partial charge < -0.3 is 19.9 Å². The Morgan fingerprint density at radius 2 is 1.86 bits per heavy atom. The van der Waals surface area contributed by atoms with Crippen molar-refractivity contribution in [1.29, 1.82) is 0 Å². The molecular formula is C26H30Cl2N6O2S. The molecule has 0 saturated carbocycles. The van der Waals surface area contributed by atoms with E-state index in [1.807, 2.05) is 64.6 Å². The Kier molecular flexibility index (Phi) is 8.59. The van der Waals surface area contributed by atoms with Crippen LogP contribution in [0.1, 0.15) is 6.92 Å². The lowest BCUT2D eigenvalue weighted by Gasteiger charge is -2.24. The topological polar surface area (TPSA) is 75.5 Å². The number of rotatable bonds is 10. The Bertz CT molecular complexity index is 1440. The quantitative estimate of drug-likeness (QED) is 0.267. The monoisotopic (exact) mass is 560 g/mol. The zero-order valence-corrected chi connectivity index (χ0v) is 23.8. The first-order valence-electron chi connectivity index (χ1n) is 11.8. The summed E-state index contributed by atoms with van der Waals surface area (Å²) in [5.41, 5.74) is 3.65. The molecule has 11 heteroatoms. The summed E-state index contributed by atoms with van der Waals surface area (Å²) in [5.74, 6) is 1.42. The highest BCUT2D eigenvalue weighted by Crippen LogP contribution is 2.38. The maximum atomic E-state index is 12.7. The molecule has 37 heavy (non-hydrogen) atoms. The number of fused-ring (bicyclic) bond motifs is 1. The van der Waals surface area contributed by atoms with Crippen molar-refractivity contribution in [3.05, 3.63) is 58.8 Å². The van der Waals surface area contributed by atoms with E-state index >= 15 is 0 Å². The number of aromatic nitrogens is 3. The summed E-state index contributed by atoms with van der Waals surface area (Å²) in [6.45, 7) is 3.58. The number of hydrogen-bond acceptors (Lipinski definition) is 7. The van der Waals surface area contributed by atoms with Crippen LogP contribution in [-0.4, -0.2) is 70.1 Å². The van der Waals surface area contributed by atoms with Crippen molar-refractivity contribution in [2.24, 2.45) is 0 Å². The van der Waals surface area contributed by atoms with Crippen molar-refractivity contribution in [3.63, 3.8) is 0 Å². The minimum atomic E-state index is -1.20. The number of benzene rings is 2. The number of hydrogen-bond donors (Lipinski definition) is 1. The zero-order valence-electron chi connectivity index (χ0n) is 21.5. The van der Waals surface area contributed by atoms with Crippen molar-refractivity contribution < 1.29 is 8.95 Å². The van der Waals surface area contributed by atoms with Gasteiger partial charge in [0.2, 0.25) is 5.95 Å². The molecule has 1 N–H and O–H groups in total. The second-order valence-corrected chi connectivity index (χ2v) is 11.2. The van der Waals surface area contributed by atoms with Crippen LogP contribution in [0.25, 0.3) is 22.2 Å². The van der Waals surface area contributed by atoms with Crippen LogP contribution in [0.5, 0.6) is 5.75 Å².